The van der Waals surface area contributed by atoms with Gasteiger partial charge in [0, 0.05) is 21.2 Å². The molecule has 0 atom stereocenters. The Morgan fingerprint density at radius 1 is 1.24 bits per heavy atom. The van der Waals surface area contributed by atoms with Gasteiger partial charge in [0.1, 0.15) is 5.71 Å². The fraction of sp³-hybridized carbons (Fsp3) is 0.250. The molecule has 1 heterocycles. The van der Waals surface area contributed by atoms with Crippen LogP contribution in [0.2, 0.25) is 5.02 Å². The van der Waals surface area contributed by atoms with Crippen LogP contribution in [0.5, 0.6) is 0 Å². The van der Waals surface area contributed by atoms with E-state index in [9.17, 15) is 13.2 Å². The average molecular weight is 401 g/mol. The molecule has 1 N–H and O–H groups in total. The predicted molar refractivity (Wildman–Crippen MR) is 100 cm³/mol. The molecule has 0 unspecified atom stereocenters. The highest BCUT2D eigenvalue weighted by atomic mass is 35.5. The molecule has 1 amide bonds. The summed E-state index contributed by atoms with van der Waals surface area (Å²) in [5.74, 6) is 0.0642. The van der Waals surface area contributed by atoms with Crippen LogP contribution in [0.15, 0.2) is 41.5 Å². The first-order chi connectivity index (χ1) is 11.8. The number of hydrazone groups is 1. The van der Waals surface area contributed by atoms with Gasteiger partial charge in [-0.25, -0.2) is 18.6 Å². The molecule has 0 bridgehead atoms. The molecule has 1 aromatic carbocycles. The Morgan fingerprint density at radius 3 is 2.52 bits per heavy atom. The molecule has 0 saturated carbocycles. The van der Waals surface area contributed by atoms with Crippen molar-refractivity contribution < 1.29 is 17.9 Å². The van der Waals surface area contributed by atoms with Gasteiger partial charge >= 0.3 is 6.09 Å². The quantitative estimate of drug-likeness (QED) is 0.594. The second-order valence-corrected chi connectivity index (χ2v) is 8.97. The Kier molecular flexibility index (Phi) is 6.57. The minimum Gasteiger partial charge on any atom is -0.452 e. The van der Waals surface area contributed by atoms with E-state index in [4.69, 9.17) is 11.6 Å². The van der Waals surface area contributed by atoms with E-state index >= 15 is 0 Å². The van der Waals surface area contributed by atoms with Gasteiger partial charge in [0.25, 0.3) is 0 Å². The molecule has 134 valence electrons. The number of benzene rings is 1. The molecule has 1 aromatic heterocycles. The van der Waals surface area contributed by atoms with E-state index in [0.29, 0.717) is 15.6 Å². The maximum absolute atomic E-state index is 11.8. The van der Waals surface area contributed by atoms with Crippen LogP contribution in [0, 0.1) is 0 Å². The van der Waals surface area contributed by atoms with Crippen LogP contribution in [-0.2, 0) is 20.3 Å². The monoisotopic (exact) mass is 400 g/mol. The van der Waals surface area contributed by atoms with Gasteiger partial charge in [-0.1, -0.05) is 30.7 Å². The molecule has 6 nitrogen and oxygen atoms in total. The van der Waals surface area contributed by atoms with Crippen molar-refractivity contribution in [3.8, 4) is 0 Å². The summed E-state index contributed by atoms with van der Waals surface area (Å²) in [6, 6.07) is 10.5. The molecule has 2 rings (SSSR count). The normalized spacial score (nSPS) is 12.0. The molecule has 2 aromatic rings. The van der Waals surface area contributed by atoms with Gasteiger partial charge in [0.2, 0.25) is 0 Å². The second kappa shape index (κ2) is 8.46. The number of amides is 1. The molecule has 25 heavy (non-hydrogen) atoms. The Balaban J connectivity index is 2.37. The SMILES string of the molecule is CCS(=O)(=O)Cc1ccc(C(=NNC(=O)OC)c2ccc(Cl)cc2)s1. The lowest BCUT2D eigenvalue weighted by atomic mass is 10.1. The first-order valence-corrected chi connectivity index (χ1v) is 10.3. The zero-order valence-corrected chi connectivity index (χ0v) is 16.0. The van der Waals surface area contributed by atoms with E-state index in [0.717, 1.165) is 10.4 Å². The van der Waals surface area contributed by atoms with Crippen molar-refractivity contribution in [2.75, 3.05) is 12.9 Å². The lowest BCUT2D eigenvalue weighted by Crippen LogP contribution is -2.19. The highest BCUT2D eigenvalue weighted by Gasteiger charge is 2.15. The summed E-state index contributed by atoms with van der Waals surface area (Å²) in [5, 5.41) is 4.68. The van der Waals surface area contributed by atoms with Crippen LogP contribution in [0.3, 0.4) is 0 Å². The van der Waals surface area contributed by atoms with Crippen molar-refractivity contribution in [1.82, 2.24) is 5.43 Å². The standard InChI is InChI=1S/C16H17ClN2O4S2/c1-3-25(21,22)10-13-8-9-14(24-13)15(18-19-16(20)23-2)11-4-6-12(17)7-5-11/h4-9H,3,10H2,1-2H3,(H,19,20). The molecule has 0 spiro atoms. The number of hydrogen-bond donors (Lipinski definition) is 1. The lowest BCUT2D eigenvalue weighted by molar-refractivity contribution is 0.171. The lowest BCUT2D eigenvalue weighted by Gasteiger charge is -2.06. The Morgan fingerprint density at radius 2 is 1.92 bits per heavy atom. The third-order valence-electron chi connectivity index (χ3n) is 3.26. The second-order valence-electron chi connectivity index (χ2n) is 5.01. The largest absolute Gasteiger partial charge is 0.452 e. The van der Waals surface area contributed by atoms with Crippen LogP contribution in [-0.4, -0.2) is 33.1 Å². The van der Waals surface area contributed by atoms with Crippen molar-refractivity contribution >= 4 is 44.6 Å². The van der Waals surface area contributed by atoms with Gasteiger partial charge in [-0.3, -0.25) is 0 Å². The van der Waals surface area contributed by atoms with Gasteiger partial charge in [-0.05, 0) is 24.3 Å². The summed E-state index contributed by atoms with van der Waals surface area (Å²) in [6.45, 7) is 1.62. The molecule has 0 radical (unpaired) electrons. The molecular weight excluding hydrogens is 384 g/mol. The van der Waals surface area contributed by atoms with Crippen molar-refractivity contribution in [1.29, 1.82) is 0 Å². The van der Waals surface area contributed by atoms with Gasteiger partial charge < -0.3 is 4.74 Å². The number of nitrogens with zero attached hydrogens (tertiary/aromatic N) is 1. The third kappa shape index (κ3) is 5.55. The van der Waals surface area contributed by atoms with Crippen molar-refractivity contribution in [3.63, 3.8) is 0 Å². The maximum Gasteiger partial charge on any atom is 0.427 e. The third-order valence-corrected chi connectivity index (χ3v) is 6.42. The molecule has 0 saturated heterocycles. The first kappa shape index (κ1) is 19.4. The molecular formula is C16H17ClN2O4S2. The smallest absolute Gasteiger partial charge is 0.427 e. The Hall–Kier alpha value is -1.90. The number of rotatable bonds is 6. The number of methoxy groups -OCH3 is 1. The zero-order chi connectivity index (χ0) is 18.4. The summed E-state index contributed by atoms with van der Waals surface area (Å²) in [4.78, 5) is 12.8. The van der Waals surface area contributed by atoms with Crippen LogP contribution >= 0.6 is 22.9 Å². The minimum atomic E-state index is -3.12. The summed E-state index contributed by atoms with van der Waals surface area (Å²) in [7, 11) is -1.88. The van der Waals surface area contributed by atoms with E-state index in [-0.39, 0.29) is 11.5 Å². The zero-order valence-electron chi connectivity index (χ0n) is 13.7. The number of nitrogens with one attached hydrogen (secondary N) is 1. The Labute approximate surface area is 155 Å². The highest BCUT2D eigenvalue weighted by molar-refractivity contribution is 7.90. The van der Waals surface area contributed by atoms with Crippen LogP contribution < -0.4 is 5.43 Å². The van der Waals surface area contributed by atoms with Crippen LogP contribution in [0.25, 0.3) is 0 Å². The van der Waals surface area contributed by atoms with E-state index in [2.05, 4.69) is 15.3 Å². The first-order valence-electron chi connectivity index (χ1n) is 7.31. The van der Waals surface area contributed by atoms with E-state index in [1.54, 1.807) is 43.3 Å². The summed E-state index contributed by atoms with van der Waals surface area (Å²) in [5.41, 5.74) is 3.52. The van der Waals surface area contributed by atoms with Crippen molar-refractivity contribution in [3.05, 3.63) is 56.7 Å². The van der Waals surface area contributed by atoms with Gasteiger partial charge in [-0.2, -0.15) is 5.10 Å². The van der Waals surface area contributed by atoms with Gasteiger partial charge in [0.05, 0.1) is 17.7 Å². The van der Waals surface area contributed by atoms with E-state index in [1.165, 1.54) is 18.4 Å². The summed E-state index contributed by atoms with van der Waals surface area (Å²) in [6.07, 6.45) is -0.697. The highest BCUT2D eigenvalue weighted by Crippen LogP contribution is 2.23. The number of carbonyl (C=O) groups excluding carboxylic acids is 1. The van der Waals surface area contributed by atoms with Gasteiger partial charge in [0.15, 0.2) is 9.84 Å². The maximum atomic E-state index is 11.8. The molecule has 0 aliphatic carbocycles. The number of halogens is 1. The summed E-state index contributed by atoms with van der Waals surface area (Å²) < 4.78 is 28.1. The van der Waals surface area contributed by atoms with E-state index in [1.807, 2.05) is 0 Å². The number of thiophene rings is 1. The number of ether oxygens (including phenoxy) is 1. The fourth-order valence-corrected chi connectivity index (χ4v) is 4.37. The molecule has 0 aliphatic rings. The average Bonchev–Trinajstić information content (AvgIpc) is 3.03. The molecule has 0 aliphatic heterocycles. The minimum absolute atomic E-state index is 0.0213. The number of hydrogen-bond acceptors (Lipinski definition) is 6. The van der Waals surface area contributed by atoms with E-state index < -0.39 is 15.9 Å². The molecule has 0 fully saturated rings. The van der Waals surface area contributed by atoms with Gasteiger partial charge in [-0.15, -0.1) is 11.3 Å². The predicted octanol–water partition coefficient (Wildman–Crippen LogP) is 3.44. The number of sulfone groups is 1. The van der Waals surface area contributed by atoms with Crippen molar-refractivity contribution in [2.24, 2.45) is 5.10 Å². The van der Waals surface area contributed by atoms with Crippen LogP contribution in [0.1, 0.15) is 22.2 Å². The Bertz CT molecular complexity index is 874. The van der Waals surface area contributed by atoms with Crippen molar-refractivity contribution in [2.45, 2.75) is 12.7 Å². The topological polar surface area (TPSA) is 84.8 Å². The summed E-state index contributed by atoms with van der Waals surface area (Å²) >= 11 is 7.22. The van der Waals surface area contributed by atoms with Crippen LogP contribution in [0.4, 0.5) is 4.79 Å². The number of carbonyl (C=O) groups is 1. The molecule has 9 heteroatoms. The fourth-order valence-electron chi connectivity index (χ4n) is 1.92.